The molecule has 0 aliphatic rings. The fourth-order valence-electron chi connectivity index (χ4n) is 3.77. The molecule has 1 N–H and O–H groups in total. The van der Waals surface area contributed by atoms with E-state index in [1.54, 1.807) is 42.6 Å². The molecule has 0 aliphatic carbocycles. The fourth-order valence-corrected chi connectivity index (χ4v) is 6.80. The Bertz CT molecular complexity index is 1620. The summed E-state index contributed by atoms with van der Waals surface area (Å²) in [6.45, 7) is 4.02. The van der Waals surface area contributed by atoms with Crippen LogP contribution in [0.5, 0.6) is 0 Å². The Hall–Kier alpha value is -3.27. The maximum Gasteiger partial charge on any atom is 0.265 e. The molecule has 0 unspecified atom stereocenters. The molecule has 6 nitrogen and oxygen atoms in total. The SMILES string of the molecule is CCN(c1ccc2sc(C(=O)Nc3ccc4sncc4c3)cc2c1)S(=O)(=O)c1ccc(C)cc1. The summed E-state index contributed by atoms with van der Waals surface area (Å²) in [6, 6.07) is 19.8. The van der Waals surface area contributed by atoms with Crippen molar-refractivity contribution in [2.24, 2.45) is 0 Å². The molecule has 0 saturated carbocycles. The predicted molar refractivity (Wildman–Crippen MR) is 141 cm³/mol. The number of nitrogens with zero attached hydrogens (tertiary/aromatic N) is 2. The van der Waals surface area contributed by atoms with Crippen LogP contribution in [-0.2, 0) is 10.0 Å². The zero-order chi connectivity index (χ0) is 23.9. The Labute approximate surface area is 205 Å². The average molecular weight is 508 g/mol. The first kappa shape index (κ1) is 22.5. The molecule has 0 bridgehead atoms. The van der Waals surface area contributed by atoms with Gasteiger partial charge in [-0.1, -0.05) is 17.7 Å². The van der Waals surface area contributed by atoms with Gasteiger partial charge < -0.3 is 5.32 Å². The molecule has 2 aromatic heterocycles. The first-order valence-electron chi connectivity index (χ1n) is 10.6. The van der Waals surface area contributed by atoms with E-state index >= 15 is 0 Å². The highest BCUT2D eigenvalue weighted by atomic mass is 32.2. The number of sulfonamides is 1. The fraction of sp³-hybridized carbons (Fsp3) is 0.120. The normalized spacial score (nSPS) is 11.7. The van der Waals surface area contributed by atoms with Crippen LogP contribution < -0.4 is 9.62 Å². The second-order valence-corrected chi connectivity index (χ2v) is 11.6. The zero-order valence-corrected chi connectivity index (χ0v) is 20.9. The molecule has 1 amide bonds. The van der Waals surface area contributed by atoms with Crippen molar-refractivity contribution in [3.05, 3.63) is 83.4 Å². The van der Waals surface area contributed by atoms with Gasteiger partial charge in [0.15, 0.2) is 0 Å². The highest BCUT2D eigenvalue weighted by Gasteiger charge is 2.24. The second kappa shape index (κ2) is 8.83. The summed E-state index contributed by atoms with van der Waals surface area (Å²) in [7, 11) is -3.70. The number of fused-ring (bicyclic) bond motifs is 2. The Morgan fingerprint density at radius 1 is 0.971 bits per heavy atom. The maximum atomic E-state index is 13.3. The Kier molecular flexibility index (Phi) is 5.85. The standard InChI is InChI=1S/C25H21N3O3S3/c1-3-28(34(30,31)21-8-4-16(2)5-9-21)20-7-11-22-17(13-20)14-24(32-22)25(29)27-19-6-10-23-18(12-19)15-26-33-23/h4-15H,3H2,1-2H3,(H,27,29). The highest BCUT2D eigenvalue weighted by Crippen LogP contribution is 2.32. The van der Waals surface area contributed by atoms with Crippen molar-refractivity contribution in [3.8, 4) is 0 Å². The Morgan fingerprint density at radius 3 is 2.50 bits per heavy atom. The number of aromatic nitrogens is 1. The van der Waals surface area contributed by atoms with Gasteiger partial charge in [-0.3, -0.25) is 9.10 Å². The molecule has 0 aliphatic heterocycles. The summed E-state index contributed by atoms with van der Waals surface area (Å²) in [4.78, 5) is 13.7. The van der Waals surface area contributed by atoms with Crippen LogP contribution in [0.4, 0.5) is 11.4 Å². The van der Waals surface area contributed by atoms with E-state index in [2.05, 4.69) is 9.69 Å². The Morgan fingerprint density at radius 2 is 1.74 bits per heavy atom. The number of hydrogen-bond donors (Lipinski definition) is 1. The van der Waals surface area contributed by atoms with E-state index in [0.29, 0.717) is 22.8 Å². The molecule has 0 fully saturated rings. The molecule has 0 saturated heterocycles. The molecule has 0 radical (unpaired) electrons. The first-order valence-corrected chi connectivity index (χ1v) is 13.7. The quantitative estimate of drug-likeness (QED) is 0.293. The topological polar surface area (TPSA) is 79.4 Å². The third kappa shape index (κ3) is 4.18. The summed E-state index contributed by atoms with van der Waals surface area (Å²) < 4.78 is 34.1. The van der Waals surface area contributed by atoms with Crippen LogP contribution in [-0.4, -0.2) is 25.2 Å². The van der Waals surface area contributed by atoms with Gasteiger partial charge in [-0.2, -0.15) is 4.37 Å². The monoisotopic (exact) mass is 507 g/mol. The van der Waals surface area contributed by atoms with Crippen LogP contribution in [0.1, 0.15) is 22.2 Å². The molecule has 3 aromatic carbocycles. The summed E-state index contributed by atoms with van der Waals surface area (Å²) >= 11 is 2.79. The number of carbonyl (C=O) groups is 1. The lowest BCUT2D eigenvalue weighted by Gasteiger charge is -2.23. The van der Waals surface area contributed by atoms with Crippen molar-refractivity contribution in [3.63, 3.8) is 0 Å². The van der Waals surface area contributed by atoms with Crippen molar-refractivity contribution < 1.29 is 13.2 Å². The summed E-state index contributed by atoms with van der Waals surface area (Å²) in [5.74, 6) is -0.204. The first-order chi connectivity index (χ1) is 16.3. The third-order valence-corrected chi connectivity index (χ3v) is 9.33. The second-order valence-electron chi connectivity index (χ2n) is 7.85. The molecule has 0 atom stereocenters. The molecule has 0 spiro atoms. The van der Waals surface area contributed by atoms with Crippen LogP contribution in [0.25, 0.3) is 20.2 Å². The van der Waals surface area contributed by atoms with E-state index in [4.69, 9.17) is 0 Å². The number of hydrogen-bond acceptors (Lipinski definition) is 6. The van der Waals surface area contributed by atoms with Gasteiger partial charge in [-0.15, -0.1) is 11.3 Å². The summed E-state index contributed by atoms with van der Waals surface area (Å²) in [5.41, 5.74) is 2.27. The van der Waals surface area contributed by atoms with Crippen LogP contribution in [0.15, 0.2) is 77.8 Å². The number of rotatable bonds is 6. The average Bonchev–Trinajstić information content (AvgIpc) is 3.46. The maximum absolute atomic E-state index is 13.3. The minimum atomic E-state index is -3.70. The number of carbonyl (C=O) groups excluding carboxylic acids is 1. The third-order valence-electron chi connectivity index (χ3n) is 5.52. The van der Waals surface area contributed by atoms with Crippen molar-refractivity contribution in [1.29, 1.82) is 0 Å². The van der Waals surface area contributed by atoms with Crippen molar-refractivity contribution in [1.82, 2.24) is 4.37 Å². The van der Waals surface area contributed by atoms with Gasteiger partial charge in [0.25, 0.3) is 15.9 Å². The number of aryl methyl sites for hydroxylation is 1. The van der Waals surface area contributed by atoms with Gasteiger partial charge in [0, 0.05) is 28.5 Å². The molecule has 34 heavy (non-hydrogen) atoms. The molecule has 5 aromatic rings. The van der Waals surface area contributed by atoms with E-state index in [-0.39, 0.29) is 10.8 Å². The van der Waals surface area contributed by atoms with Gasteiger partial charge >= 0.3 is 0 Å². The van der Waals surface area contributed by atoms with Crippen LogP contribution in [0, 0.1) is 6.92 Å². The summed E-state index contributed by atoms with van der Waals surface area (Å²) in [5, 5.41) is 4.75. The molecule has 9 heteroatoms. The lowest BCUT2D eigenvalue weighted by molar-refractivity contribution is 0.103. The smallest absolute Gasteiger partial charge is 0.265 e. The van der Waals surface area contributed by atoms with Gasteiger partial charge in [0.2, 0.25) is 0 Å². The molecular weight excluding hydrogens is 486 g/mol. The largest absolute Gasteiger partial charge is 0.321 e. The lowest BCUT2D eigenvalue weighted by Crippen LogP contribution is -2.30. The van der Waals surface area contributed by atoms with Crippen molar-refractivity contribution in [2.75, 3.05) is 16.2 Å². The highest BCUT2D eigenvalue weighted by molar-refractivity contribution is 7.92. The van der Waals surface area contributed by atoms with Gasteiger partial charge in [-0.05, 0) is 85.4 Å². The van der Waals surface area contributed by atoms with Crippen LogP contribution in [0.2, 0.25) is 0 Å². The van der Waals surface area contributed by atoms with Gasteiger partial charge in [0.1, 0.15) is 0 Å². The number of benzene rings is 3. The molecular formula is C25H21N3O3S3. The van der Waals surface area contributed by atoms with Crippen molar-refractivity contribution >= 4 is 70.3 Å². The van der Waals surface area contributed by atoms with Gasteiger partial charge in [0.05, 0.1) is 20.2 Å². The van der Waals surface area contributed by atoms with Gasteiger partial charge in [-0.25, -0.2) is 8.42 Å². The van der Waals surface area contributed by atoms with E-state index in [1.165, 1.54) is 27.2 Å². The molecule has 5 rings (SSSR count). The van der Waals surface area contributed by atoms with E-state index in [1.807, 2.05) is 44.2 Å². The van der Waals surface area contributed by atoms with E-state index in [9.17, 15) is 13.2 Å². The van der Waals surface area contributed by atoms with E-state index < -0.39 is 10.0 Å². The van der Waals surface area contributed by atoms with Crippen molar-refractivity contribution in [2.45, 2.75) is 18.7 Å². The summed E-state index contributed by atoms with van der Waals surface area (Å²) in [6.07, 6.45) is 1.78. The molecule has 2 heterocycles. The predicted octanol–water partition coefficient (Wildman–Crippen LogP) is 6.29. The molecule has 172 valence electrons. The van der Waals surface area contributed by atoms with Crippen LogP contribution in [0.3, 0.4) is 0 Å². The minimum Gasteiger partial charge on any atom is -0.321 e. The zero-order valence-electron chi connectivity index (χ0n) is 18.5. The number of amides is 1. The Balaban J connectivity index is 1.43. The number of anilines is 2. The minimum absolute atomic E-state index is 0.204. The van der Waals surface area contributed by atoms with E-state index in [0.717, 1.165) is 25.7 Å². The number of nitrogens with one attached hydrogen (secondary N) is 1. The number of thiophene rings is 1. The lowest BCUT2D eigenvalue weighted by atomic mass is 10.2. The van der Waals surface area contributed by atoms with Crippen LogP contribution >= 0.6 is 22.9 Å².